The van der Waals surface area contributed by atoms with E-state index < -0.39 is 0 Å². The number of nitrogens with one attached hydrogen (secondary N) is 1. The fourth-order valence-electron chi connectivity index (χ4n) is 1.82. The molecule has 2 nitrogen and oxygen atoms in total. The Morgan fingerprint density at radius 1 is 1.12 bits per heavy atom. The Kier molecular flexibility index (Phi) is 6.82. The van der Waals surface area contributed by atoms with Gasteiger partial charge >= 0.3 is 0 Å². The van der Waals surface area contributed by atoms with Gasteiger partial charge < -0.3 is 10.2 Å². The van der Waals surface area contributed by atoms with Gasteiger partial charge in [0.25, 0.3) is 0 Å². The van der Waals surface area contributed by atoms with E-state index in [-0.39, 0.29) is 5.82 Å². The Hall–Kier alpha value is -0.930. The van der Waals surface area contributed by atoms with Crippen molar-refractivity contribution in [2.24, 2.45) is 0 Å². The van der Waals surface area contributed by atoms with Gasteiger partial charge in [-0.1, -0.05) is 26.0 Å². The molecule has 0 heterocycles. The average Bonchev–Trinajstić information content (AvgIpc) is 2.35. The standard InChI is InChI=1S/C14H23FN2/c1-3-10-17(4-2)11-9-16-12-13-5-7-14(15)8-6-13/h5-8,16H,3-4,9-12H2,1-2H3. The van der Waals surface area contributed by atoms with Crippen LogP contribution in [-0.2, 0) is 6.54 Å². The maximum absolute atomic E-state index is 12.7. The van der Waals surface area contributed by atoms with Crippen molar-refractivity contribution < 1.29 is 4.39 Å². The third-order valence-electron chi connectivity index (χ3n) is 2.83. The Morgan fingerprint density at radius 3 is 2.41 bits per heavy atom. The summed E-state index contributed by atoms with van der Waals surface area (Å²) in [5.74, 6) is -0.172. The van der Waals surface area contributed by atoms with Gasteiger partial charge in [0.2, 0.25) is 0 Å². The first kappa shape index (κ1) is 14.1. The van der Waals surface area contributed by atoms with E-state index >= 15 is 0 Å². The quantitative estimate of drug-likeness (QED) is 0.700. The molecule has 3 heteroatoms. The molecular formula is C14H23FN2. The van der Waals surface area contributed by atoms with Gasteiger partial charge in [-0.25, -0.2) is 4.39 Å². The molecule has 0 radical (unpaired) electrons. The molecule has 0 aliphatic heterocycles. The summed E-state index contributed by atoms with van der Waals surface area (Å²) >= 11 is 0. The van der Waals surface area contributed by atoms with Crippen LogP contribution in [0.3, 0.4) is 0 Å². The second-order valence-electron chi connectivity index (χ2n) is 4.24. The lowest BCUT2D eigenvalue weighted by atomic mass is 10.2. The summed E-state index contributed by atoms with van der Waals surface area (Å²) in [5, 5.41) is 3.38. The molecule has 96 valence electrons. The molecule has 0 bridgehead atoms. The fraction of sp³-hybridized carbons (Fsp3) is 0.571. The van der Waals surface area contributed by atoms with E-state index in [1.165, 1.54) is 18.6 Å². The summed E-state index contributed by atoms with van der Waals surface area (Å²) in [6.45, 7) is 9.52. The summed E-state index contributed by atoms with van der Waals surface area (Å²) in [4.78, 5) is 2.43. The summed E-state index contributed by atoms with van der Waals surface area (Å²) in [7, 11) is 0. The van der Waals surface area contributed by atoms with E-state index in [1.807, 2.05) is 12.1 Å². The van der Waals surface area contributed by atoms with Gasteiger partial charge in [-0.2, -0.15) is 0 Å². The molecule has 0 saturated carbocycles. The van der Waals surface area contributed by atoms with Gasteiger partial charge in [0.05, 0.1) is 0 Å². The van der Waals surface area contributed by atoms with E-state index in [0.717, 1.165) is 38.3 Å². The molecule has 1 N–H and O–H groups in total. The first-order valence-corrected chi connectivity index (χ1v) is 6.43. The first-order chi connectivity index (χ1) is 8.26. The van der Waals surface area contributed by atoms with Crippen LogP contribution in [0.1, 0.15) is 25.8 Å². The fourth-order valence-corrected chi connectivity index (χ4v) is 1.82. The second-order valence-corrected chi connectivity index (χ2v) is 4.24. The van der Waals surface area contributed by atoms with Gasteiger partial charge in [-0.05, 0) is 37.2 Å². The van der Waals surface area contributed by atoms with E-state index in [4.69, 9.17) is 0 Å². The van der Waals surface area contributed by atoms with Crippen LogP contribution in [0.4, 0.5) is 4.39 Å². The van der Waals surface area contributed by atoms with Crippen LogP contribution in [0.15, 0.2) is 24.3 Å². The van der Waals surface area contributed by atoms with Gasteiger partial charge in [-0.15, -0.1) is 0 Å². The van der Waals surface area contributed by atoms with Crippen molar-refractivity contribution in [3.63, 3.8) is 0 Å². The van der Waals surface area contributed by atoms with Gasteiger partial charge in [0.1, 0.15) is 5.82 Å². The summed E-state index contributed by atoms with van der Waals surface area (Å²) < 4.78 is 12.7. The second kappa shape index (κ2) is 8.20. The number of halogens is 1. The van der Waals surface area contributed by atoms with Gasteiger partial charge in [0.15, 0.2) is 0 Å². The molecule has 1 rings (SSSR count). The predicted octanol–water partition coefficient (Wildman–Crippen LogP) is 2.65. The van der Waals surface area contributed by atoms with Gasteiger partial charge in [-0.3, -0.25) is 0 Å². The highest BCUT2D eigenvalue weighted by molar-refractivity contribution is 5.15. The lowest BCUT2D eigenvalue weighted by Crippen LogP contribution is -2.32. The number of likely N-dealkylation sites (N-methyl/N-ethyl adjacent to an activating group) is 1. The van der Waals surface area contributed by atoms with Crippen molar-refractivity contribution in [1.82, 2.24) is 10.2 Å². The molecule has 1 aromatic rings. The van der Waals surface area contributed by atoms with E-state index in [0.29, 0.717) is 0 Å². The minimum absolute atomic E-state index is 0.172. The zero-order valence-corrected chi connectivity index (χ0v) is 10.9. The van der Waals surface area contributed by atoms with Crippen LogP contribution < -0.4 is 5.32 Å². The molecule has 0 spiro atoms. The Labute approximate surface area is 104 Å². The summed E-state index contributed by atoms with van der Waals surface area (Å²) in [5.41, 5.74) is 1.13. The molecule has 0 saturated heterocycles. The number of hydrogen-bond donors (Lipinski definition) is 1. The van der Waals surface area contributed by atoms with Crippen LogP contribution in [0.5, 0.6) is 0 Å². The van der Waals surface area contributed by atoms with Crippen molar-refractivity contribution in [1.29, 1.82) is 0 Å². The van der Waals surface area contributed by atoms with E-state index in [1.54, 1.807) is 0 Å². The molecule has 17 heavy (non-hydrogen) atoms. The highest BCUT2D eigenvalue weighted by Crippen LogP contribution is 2.01. The number of nitrogens with zero attached hydrogens (tertiary/aromatic N) is 1. The first-order valence-electron chi connectivity index (χ1n) is 6.43. The Morgan fingerprint density at radius 2 is 1.82 bits per heavy atom. The molecule has 1 aromatic carbocycles. The molecule has 0 aliphatic carbocycles. The molecule has 0 fully saturated rings. The maximum atomic E-state index is 12.7. The van der Waals surface area contributed by atoms with Crippen LogP contribution in [0, 0.1) is 5.82 Å². The Bertz CT molecular complexity index is 298. The predicted molar refractivity (Wildman–Crippen MR) is 70.5 cm³/mol. The van der Waals surface area contributed by atoms with Gasteiger partial charge in [0, 0.05) is 19.6 Å². The van der Waals surface area contributed by atoms with Crippen molar-refractivity contribution in [2.45, 2.75) is 26.8 Å². The molecular weight excluding hydrogens is 215 g/mol. The highest BCUT2D eigenvalue weighted by atomic mass is 19.1. The summed E-state index contributed by atoms with van der Waals surface area (Å²) in [6.07, 6.45) is 1.20. The van der Waals surface area contributed by atoms with Crippen LogP contribution in [0.25, 0.3) is 0 Å². The van der Waals surface area contributed by atoms with Crippen LogP contribution in [-0.4, -0.2) is 31.1 Å². The third kappa shape index (κ3) is 5.80. The zero-order valence-electron chi connectivity index (χ0n) is 10.9. The van der Waals surface area contributed by atoms with Crippen molar-refractivity contribution in [3.8, 4) is 0 Å². The van der Waals surface area contributed by atoms with Crippen LogP contribution >= 0.6 is 0 Å². The van der Waals surface area contributed by atoms with Crippen molar-refractivity contribution in [2.75, 3.05) is 26.2 Å². The smallest absolute Gasteiger partial charge is 0.123 e. The third-order valence-corrected chi connectivity index (χ3v) is 2.83. The number of rotatable bonds is 8. The minimum atomic E-state index is -0.172. The molecule has 0 aromatic heterocycles. The average molecular weight is 238 g/mol. The van der Waals surface area contributed by atoms with Crippen molar-refractivity contribution in [3.05, 3.63) is 35.6 Å². The summed E-state index contributed by atoms with van der Waals surface area (Å²) in [6, 6.07) is 6.66. The molecule has 0 atom stereocenters. The maximum Gasteiger partial charge on any atom is 0.123 e. The monoisotopic (exact) mass is 238 g/mol. The lowest BCUT2D eigenvalue weighted by molar-refractivity contribution is 0.287. The van der Waals surface area contributed by atoms with E-state index in [2.05, 4.69) is 24.1 Å². The number of benzene rings is 1. The molecule has 0 aliphatic rings. The molecule has 0 amide bonds. The highest BCUT2D eigenvalue weighted by Gasteiger charge is 1.99. The lowest BCUT2D eigenvalue weighted by Gasteiger charge is -2.19. The largest absolute Gasteiger partial charge is 0.311 e. The Balaban J connectivity index is 2.17. The number of hydrogen-bond acceptors (Lipinski definition) is 2. The minimum Gasteiger partial charge on any atom is -0.311 e. The molecule has 0 unspecified atom stereocenters. The van der Waals surface area contributed by atoms with Crippen molar-refractivity contribution >= 4 is 0 Å². The zero-order chi connectivity index (χ0) is 12.5. The normalized spacial score (nSPS) is 11.1. The topological polar surface area (TPSA) is 15.3 Å². The van der Waals surface area contributed by atoms with E-state index in [9.17, 15) is 4.39 Å². The van der Waals surface area contributed by atoms with Crippen LogP contribution in [0.2, 0.25) is 0 Å². The SMILES string of the molecule is CCCN(CC)CCNCc1ccc(F)cc1.